The lowest BCUT2D eigenvalue weighted by molar-refractivity contribution is -0.0328. The number of rotatable bonds is 10. The molecule has 186 valence electrons. The predicted octanol–water partition coefficient (Wildman–Crippen LogP) is 5.11. The predicted molar refractivity (Wildman–Crippen MR) is 131 cm³/mol. The lowest BCUT2D eigenvalue weighted by Crippen LogP contribution is -2.52. The van der Waals surface area contributed by atoms with Gasteiger partial charge in [0.1, 0.15) is 0 Å². The molecule has 10 heteroatoms. The van der Waals surface area contributed by atoms with Gasteiger partial charge in [-0.2, -0.15) is 13.2 Å². The minimum absolute atomic E-state index is 0.0153. The summed E-state index contributed by atoms with van der Waals surface area (Å²) in [6, 6.07) is 11.6. The molecule has 0 radical (unpaired) electrons. The first kappa shape index (κ1) is 25.7. The van der Waals surface area contributed by atoms with Gasteiger partial charge in [-0.25, -0.2) is 0 Å². The molecule has 2 aromatic carbocycles. The molecule has 4 rings (SSSR count). The molecule has 1 saturated heterocycles. The van der Waals surface area contributed by atoms with E-state index < -0.39 is 5.51 Å². The van der Waals surface area contributed by atoms with Gasteiger partial charge in [0.2, 0.25) is 0 Å². The summed E-state index contributed by atoms with van der Waals surface area (Å²) in [6.07, 6.45) is 2.25. The van der Waals surface area contributed by atoms with Crippen LogP contribution in [0.4, 0.5) is 24.5 Å². The van der Waals surface area contributed by atoms with E-state index in [1.807, 2.05) is 24.3 Å². The van der Waals surface area contributed by atoms with Crippen molar-refractivity contribution in [1.82, 2.24) is 10.2 Å². The summed E-state index contributed by atoms with van der Waals surface area (Å²) in [6.45, 7) is 4.39. The number of benzene rings is 2. The number of thioether (sulfide) groups is 1. The number of para-hydroxylation sites is 1. The van der Waals surface area contributed by atoms with E-state index in [-0.39, 0.29) is 23.3 Å². The number of aliphatic hydroxyl groups excluding tert-OH is 1. The highest BCUT2D eigenvalue weighted by atomic mass is 32.2. The number of nitrogens with zero attached hydrogens (tertiary/aromatic N) is 1. The van der Waals surface area contributed by atoms with Gasteiger partial charge in [0.05, 0.1) is 31.2 Å². The molecule has 5 nitrogen and oxygen atoms in total. The van der Waals surface area contributed by atoms with Crippen molar-refractivity contribution in [2.45, 2.75) is 45.5 Å². The average Bonchev–Trinajstić information content (AvgIpc) is 2.82. The monoisotopic (exact) mass is 513 g/mol. The van der Waals surface area contributed by atoms with Crippen LogP contribution in [0.3, 0.4) is 0 Å². The van der Waals surface area contributed by atoms with Gasteiger partial charge in [0.25, 0.3) is 0 Å². The zero-order valence-corrected chi connectivity index (χ0v) is 20.5. The third-order valence-electron chi connectivity index (χ3n) is 6.02. The fraction of sp³-hybridized carbons (Fsp3) is 0.500. The van der Waals surface area contributed by atoms with Crippen LogP contribution < -0.4 is 10.6 Å². The summed E-state index contributed by atoms with van der Waals surface area (Å²) in [5.74, 6) is 0. The van der Waals surface area contributed by atoms with E-state index in [1.54, 1.807) is 23.9 Å². The van der Waals surface area contributed by atoms with E-state index in [1.165, 1.54) is 0 Å². The molecular formula is C24H30F3N3O2S2. The van der Waals surface area contributed by atoms with E-state index in [4.69, 9.17) is 9.84 Å². The molecule has 0 saturated carbocycles. The number of piperazine rings is 1. The van der Waals surface area contributed by atoms with Crippen LogP contribution in [0.15, 0.2) is 51.1 Å². The lowest BCUT2D eigenvalue weighted by atomic mass is 10.0. The van der Waals surface area contributed by atoms with Gasteiger partial charge in [-0.15, -0.1) is 0 Å². The summed E-state index contributed by atoms with van der Waals surface area (Å²) in [7, 11) is 0. The van der Waals surface area contributed by atoms with Gasteiger partial charge in [-0.1, -0.05) is 23.9 Å². The van der Waals surface area contributed by atoms with Gasteiger partial charge in [0.15, 0.2) is 0 Å². The second-order valence-electron chi connectivity index (χ2n) is 8.31. The normalized spacial score (nSPS) is 18.3. The van der Waals surface area contributed by atoms with Gasteiger partial charge in [-0.3, -0.25) is 4.90 Å². The molecule has 0 aromatic heterocycles. The van der Waals surface area contributed by atoms with Gasteiger partial charge in [-0.05, 0) is 60.9 Å². The highest BCUT2D eigenvalue weighted by Gasteiger charge is 2.32. The fourth-order valence-corrected chi connectivity index (χ4v) is 6.19. The summed E-state index contributed by atoms with van der Waals surface area (Å²) in [5.41, 5.74) is -1.86. The van der Waals surface area contributed by atoms with Crippen molar-refractivity contribution in [3.05, 3.63) is 42.0 Å². The summed E-state index contributed by atoms with van der Waals surface area (Å²) >= 11 is 1.57. The first-order chi connectivity index (χ1) is 16.4. The van der Waals surface area contributed by atoms with Crippen LogP contribution in [0, 0.1) is 0 Å². The summed E-state index contributed by atoms with van der Waals surface area (Å²) < 4.78 is 45.4. The maximum atomic E-state index is 13.3. The van der Waals surface area contributed by atoms with Gasteiger partial charge >= 0.3 is 5.51 Å². The van der Waals surface area contributed by atoms with Crippen LogP contribution in [0.25, 0.3) is 0 Å². The van der Waals surface area contributed by atoms with Crippen LogP contribution in [0.2, 0.25) is 0 Å². The number of hydrogen-bond donors (Lipinski definition) is 3. The second-order valence-corrected chi connectivity index (χ2v) is 10.5. The minimum Gasteiger partial charge on any atom is -0.394 e. The van der Waals surface area contributed by atoms with Crippen molar-refractivity contribution >= 4 is 34.9 Å². The molecule has 34 heavy (non-hydrogen) atoms. The minimum atomic E-state index is -4.33. The van der Waals surface area contributed by atoms with E-state index >= 15 is 0 Å². The van der Waals surface area contributed by atoms with Crippen LogP contribution >= 0.6 is 23.5 Å². The topological polar surface area (TPSA) is 56.8 Å². The van der Waals surface area contributed by atoms with Crippen LogP contribution in [-0.2, 0) is 11.2 Å². The van der Waals surface area contributed by atoms with E-state index in [0.717, 1.165) is 65.7 Å². The quantitative estimate of drug-likeness (QED) is 0.257. The first-order valence-corrected chi connectivity index (χ1v) is 13.2. The number of nitrogens with one attached hydrogen (secondary N) is 2. The van der Waals surface area contributed by atoms with E-state index in [9.17, 15) is 13.2 Å². The Kier molecular flexibility index (Phi) is 9.06. The van der Waals surface area contributed by atoms with Gasteiger partial charge in [0, 0.05) is 46.9 Å². The molecule has 0 aliphatic carbocycles. The molecule has 1 unspecified atom stereocenters. The second kappa shape index (κ2) is 12.0. The molecule has 3 N–H and O–H groups in total. The summed E-state index contributed by atoms with van der Waals surface area (Å²) in [4.78, 5) is 4.69. The Balaban J connectivity index is 1.47. The van der Waals surface area contributed by atoms with Crippen molar-refractivity contribution in [3.8, 4) is 0 Å². The number of alkyl halides is 3. The maximum absolute atomic E-state index is 13.3. The van der Waals surface area contributed by atoms with Crippen molar-refractivity contribution in [2.75, 3.05) is 51.3 Å². The lowest BCUT2D eigenvalue weighted by Gasteiger charge is -2.36. The van der Waals surface area contributed by atoms with Crippen molar-refractivity contribution < 1.29 is 23.0 Å². The number of hydrogen-bond acceptors (Lipinski definition) is 7. The Labute approximate surface area is 206 Å². The molecule has 2 aromatic rings. The zero-order valence-electron chi connectivity index (χ0n) is 18.9. The number of fused-ring (bicyclic) bond motifs is 2. The Morgan fingerprint density at radius 3 is 2.82 bits per heavy atom. The van der Waals surface area contributed by atoms with Crippen LogP contribution in [0.1, 0.15) is 18.4 Å². The summed E-state index contributed by atoms with van der Waals surface area (Å²) in [5, 5.41) is 15.7. The van der Waals surface area contributed by atoms with Crippen molar-refractivity contribution in [3.63, 3.8) is 0 Å². The number of anilines is 2. The van der Waals surface area contributed by atoms with E-state index in [0.29, 0.717) is 25.7 Å². The molecule has 1 atom stereocenters. The van der Waals surface area contributed by atoms with Crippen molar-refractivity contribution in [2.24, 2.45) is 0 Å². The van der Waals surface area contributed by atoms with Crippen LogP contribution in [0.5, 0.6) is 0 Å². The number of aliphatic hydroxyl groups is 1. The Bertz CT molecular complexity index is 962. The molecule has 0 spiro atoms. The van der Waals surface area contributed by atoms with Gasteiger partial charge < -0.3 is 20.5 Å². The molecule has 0 amide bonds. The molecule has 1 fully saturated rings. The average molecular weight is 514 g/mol. The van der Waals surface area contributed by atoms with Crippen LogP contribution in [-0.4, -0.2) is 67.6 Å². The standard InChI is InChI=1S/C24H30F3N3O2S2/c25-24(26,27)34-20-8-9-22-23(29-19-6-1-2-7-21(19)33-22)18(20)5-3-4-17-16-28-10-11-30(17)12-14-32-15-13-31/h1-2,6-9,17,28-29,31H,3-5,10-16H2. The smallest absolute Gasteiger partial charge is 0.394 e. The highest BCUT2D eigenvalue weighted by molar-refractivity contribution is 8.00. The Morgan fingerprint density at radius 1 is 1.15 bits per heavy atom. The Morgan fingerprint density at radius 2 is 2.00 bits per heavy atom. The van der Waals surface area contributed by atoms with E-state index in [2.05, 4.69) is 15.5 Å². The zero-order chi connectivity index (χ0) is 24.0. The third-order valence-corrected chi connectivity index (χ3v) is 7.99. The number of ether oxygens (including phenoxy) is 1. The Hall–Kier alpha value is -1.43. The van der Waals surface area contributed by atoms with Crippen molar-refractivity contribution in [1.29, 1.82) is 0 Å². The molecule has 0 bridgehead atoms. The highest BCUT2D eigenvalue weighted by Crippen LogP contribution is 2.49. The molecular weight excluding hydrogens is 483 g/mol. The SMILES string of the molecule is OCCOCCN1CCNCC1CCCc1c(SC(F)(F)F)ccc2c1Nc1ccccc1S2. The maximum Gasteiger partial charge on any atom is 0.446 e. The molecule has 2 aliphatic heterocycles. The number of halogens is 3. The largest absolute Gasteiger partial charge is 0.446 e. The molecule has 2 aliphatic rings. The first-order valence-electron chi connectivity index (χ1n) is 11.5. The third kappa shape index (κ3) is 6.83. The fourth-order valence-electron chi connectivity index (χ4n) is 4.45. The molecule has 2 heterocycles.